The number of rotatable bonds is 3. The molecule has 0 aliphatic carbocycles. The largest absolute Gasteiger partial charge is 0.383 e. The van der Waals surface area contributed by atoms with Crippen LogP contribution in [0.4, 0.5) is 11.6 Å². The smallest absolute Gasteiger partial charge is 0.137 e. The maximum absolute atomic E-state index is 6.01. The highest BCUT2D eigenvalue weighted by Gasteiger charge is 2.28. The molecule has 100 valence electrons. The Hall–Kier alpha value is -1.32. The Kier molecular flexibility index (Phi) is 3.73. The summed E-state index contributed by atoms with van der Waals surface area (Å²) in [6.07, 6.45) is 2.83. The van der Waals surface area contributed by atoms with Crippen molar-refractivity contribution in [3.8, 4) is 0 Å². The highest BCUT2D eigenvalue weighted by Crippen LogP contribution is 2.33. The first-order valence-corrected chi connectivity index (χ1v) is 6.86. The number of hydrogen-bond acceptors (Lipinski definition) is 4. The molecule has 2 heterocycles. The molecule has 1 aliphatic heterocycles. The minimum Gasteiger partial charge on any atom is -0.383 e. The van der Waals surface area contributed by atoms with Crippen LogP contribution in [0.1, 0.15) is 45.6 Å². The second-order valence-corrected chi connectivity index (χ2v) is 5.89. The lowest BCUT2D eigenvalue weighted by molar-refractivity contribution is 0.422. The molecule has 4 nitrogen and oxygen atoms in total. The van der Waals surface area contributed by atoms with Crippen LogP contribution < -0.4 is 10.6 Å². The van der Waals surface area contributed by atoms with Gasteiger partial charge in [0.2, 0.25) is 0 Å². The van der Waals surface area contributed by atoms with Crippen molar-refractivity contribution in [3.05, 3.63) is 11.9 Å². The van der Waals surface area contributed by atoms with Gasteiger partial charge in [-0.15, -0.1) is 0 Å². The van der Waals surface area contributed by atoms with Crippen LogP contribution in [-0.2, 0) is 0 Å². The minimum absolute atomic E-state index is 0.360. The first kappa shape index (κ1) is 13.1. The van der Waals surface area contributed by atoms with Gasteiger partial charge in [0.15, 0.2) is 0 Å². The summed E-state index contributed by atoms with van der Waals surface area (Å²) in [6, 6.07) is 0. The number of nitrogens with zero attached hydrogens (tertiary/aromatic N) is 3. The van der Waals surface area contributed by atoms with Crippen molar-refractivity contribution in [1.82, 2.24) is 9.97 Å². The van der Waals surface area contributed by atoms with Crippen molar-refractivity contribution in [3.63, 3.8) is 0 Å². The molecule has 0 aromatic carbocycles. The lowest BCUT2D eigenvalue weighted by Crippen LogP contribution is -2.24. The molecule has 0 amide bonds. The lowest BCUT2D eigenvalue weighted by Gasteiger charge is -2.23. The molecule has 1 atom stereocenters. The van der Waals surface area contributed by atoms with Crippen molar-refractivity contribution >= 4 is 11.6 Å². The van der Waals surface area contributed by atoms with Gasteiger partial charge in [-0.05, 0) is 24.2 Å². The van der Waals surface area contributed by atoms with Crippen LogP contribution >= 0.6 is 0 Å². The van der Waals surface area contributed by atoms with E-state index in [2.05, 4.69) is 42.6 Å². The Morgan fingerprint density at radius 1 is 1.28 bits per heavy atom. The predicted molar refractivity (Wildman–Crippen MR) is 75.7 cm³/mol. The van der Waals surface area contributed by atoms with Gasteiger partial charge in [0, 0.05) is 18.7 Å². The van der Waals surface area contributed by atoms with E-state index in [-0.39, 0.29) is 0 Å². The maximum atomic E-state index is 6.01. The van der Waals surface area contributed by atoms with Crippen molar-refractivity contribution < 1.29 is 0 Å². The van der Waals surface area contributed by atoms with E-state index in [0.29, 0.717) is 11.7 Å². The Morgan fingerprint density at radius 3 is 2.56 bits per heavy atom. The monoisotopic (exact) mass is 248 g/mol. The molecule has 1 saturated heterocycles. The second kappa shape index (κ2) is 5.12. The van der Waals surface area contributed by atoms with E-state index in [1.54, 1.807) is 6.33 Å². The van der Waals surface area contributed by atoms with Crippen molar-refractivity contribution in [1.29, 1.82) is 0 Å². The average molecular weight is 248 g/mol. The molecule has 0 saturated carbocycles. The molecular formula is C14H24N4. The van der Waals surface area contributed by atoms with Gasteiger partial charge < -0.3 is 10.6 Å². The fourth-order valence-electron chi connectivity index (χ4n) is 2.73. The molecular weight excluding hydrogens is 224 g/mol. The predicted octanol–water partition coefficient (Wildman–Crippen LogP) is 2.66. The summed E-state index contributed by atoms with van der Waals surface area (Å²) >= 11 is 0. The summed E-state index contributed by atoms with van der Waals surface area (Å²) < 4.78 is 0. The molecule has 1 aromatic heterocycles. The zero-order valence-corrected chi connectivity index (χ0v) is 11.8. The molecule has 0 spiro atoms. The summed E-state index contributed by atoms with van der Waals surface area (Å²) in [7, 11) is 0. The van der Waals surface area contributed by atoms with E-state index in [1.165, 1.54) is 6.42 Å². The average Bonchev–Trinajstić information content (AvgIpc) is 2.77. The fourth-order valence-corrected chi connectivity index (χ4v) is 2.73. The summed E-state index contributed by atoms with van der Waals surface area (Å²) in [5.74, 6) is 3.53. The van der Waals surface area contributed by atoms with Gasteiger partial charge in [-0.2, -0.15) is 0 Å². The molecule has 2 N–H and O–H groups in total. The van der Waals surface area contributed by atoms with Gasteiger partial charge >= 0.3 is 0 Å². The van der Waals surface area contributed by atoms with Crippen LogP contribution in [0.3, 0.4) is 0 Å². The second-order valence-electron chi connectivity index (χ2n) is 5.89. The normalized spacial score (nSPS) is 20.1. The van der Waals surface area contributed by atoms with Gasteiger partial charge in [-0.25, -0.2) is 9.97 Å². The maximum Gasteiger partial charge on any atom is 0.137 e. The third-order valence-electron chi connectivity index (χ3n) is 3.94. The van der Waals surface area contributed by atoms with Gasteiger partial charge in [-0.3, -0.25) is 0 Å². The standard InChI is InChI=1S/C14H24N4/c1-9(2)11-5-6-18(7-11)14-12(10(3)4)13(15)16-8-17-14/h8-11H,5-7H2,1-4H3,(H2,15,16,17). The molecule has 1 aromatic rings. The van der Waals surface area contributed by atoms with Gasteiger partial charge in [0.1, 0.15) is 18.0 Å². The van der Waals surface area contributed by atoms with Crippen molar-refractivity contribution in [2.45, 2.75) is 40.0 Å². The summed E-state index contributed by atoms with van der Waals surface area (Å²) in [5, 5.41) is 0. The zero-order chi connectivity index (χ0) is 13.3. The highest BCUT2D eigenvalue weighted by molar-refractivity contribution is 5.58. The Bertz CT molecular complexity index is 414. The summed E-state index contributed by atoms with van der Waals surface area (Å²) in [4.78, 5) is 11.0. The molecule has 1 aliphatic rings. The molecule has 4 heteroatoms. The first-order chi connectivity index (χ1) is 8.50. The quantitative estimate of drug-likeness (QED) is 0.893. The fraction of sp³-hybridized carbons (Fsp3) is 0.714. The van der Waals surface area contributed by atoms with E-state index in [9.17, 15) is 0 Å². The molecule has 2 rings (SSSR count). The number of hydrogen-bond donors (Lipinski definition) is 1. The van der Waals surface area contributed by atoms with E-state index < -0.39 is 0 Å². The van der Waals surface area contributed by atoms with E-state index in [0.717, 1.165) is 36.3 Å². The first-order valence-electron chi connectivity index (χ1n) is 6.86. The lowest BCUT2D eigenvalue weighted by atomic mass is 9.95. The molecule has 1 unspecified atom stereocenters. The van der Waals surface area contributed by atoms with Crippen molar-refractivity contribution in [2.24, 2.45) is 11.8 Å². The van der Waals surface area contributed by atoms with E-state index in [1.807, 2.05) is 0 Å². The number of aromatic nitrogens is 2. The third kappa shape index (κ3) is 2.42. The van der Waals surface area contributed by atoms with E-state index >= 15 is 0 Å². The Labute approximate surface area is 110 Å². The summed E-state index contributed by atoms with van der Waals surface area (Å²) in [6.45, 7) is 11.1. The van der Waals surface area contributed by atoms with Crippen LogP contribution in [0.5, 0.6) is 0 Å². The van der Waals surface area contributed by atoms with E-state index in [4.69, 9.17) is 5.73 Å². The van der Waals surface area contributed by atoms with Crippen LogP contribution in [0.15, 0.2) is 6.33 Å². The highest BCUT2D eigenvalue weighted by atomic mass is 15.2. The number of nitrogens with two attached hydrogens (primary N) is 1. The van der Waals surface area contributed by atoms with Crippen molar-refractivity contribution in [2.75, 3.05) is 23.7 Å². The minimum atomic E-state index is 0.360. The third-order valence-corrected chi connectivity index (χ3v) is 3.94. The molecule has 0 radical (unpaired) electrons. The van der Waals surface area contributed by atoms with Gasteiger partial charge in [0.25, 0.3) is 0 Å². The van der Waals surface area contributed by atoms with Gasteiger partial charge in [0.05, 0.1) is 0 Å². The SMILES string of the molecule is CC(C)c1c(N)ncnc1N1CCC(C(C)C)C1. The Morgan fingerprint density at radius 2 is 2.00 bits per heavy atom. The van der Waals surface area contributed by atoms with Crippen LogP contribution in [-0.4, -0.2) is 23.1 Å². The Balaban J connectivity index is 2.27. The number of anilines is 2. The molecule has 18 heavy (non-hydrogen) atoms. The topological polar surface area (TPSA) is 55.0 Å². The zero-order valence-electron chi connectivity index (χ0n) is 11.8. The van der Waals surface area contributed by atoms with Crippen LogP contribution in [0, 0.1) is 11.8 Å². The van der Waals surface area contributed by atoms with Gasteiger partial charge in [-0.1, -0.05) is 27.7 Å². The molecule has 1 fully saturated rings. The molecule has 0 bridgehead atoms. The number of nitrogen functional groups attached to an aromatic ring is 1. The van der Waals surface area contributed by atoms with Crippen LogP contribution in [0.2, 0.25) is 0 Å². The summed E-state index contributed by atoms with van der Waals surface area (Å²) in [5.41, 5.74) is 7.11. The van der Waals surface area contributed by atoms with Crippen LogP contribution in [0.25, 0.3) is 0 Å².